The topological polar surface area (TPSA) is 88.1 Å². The fraction of sp³-hybridized carbons (Fsp3) is 0.632. The summed E-state index contributed by atoms with van der Waals surface area (Å²) in [6.07, 6.45) is 3.35. The number of methoxy groups -OCH3 is 1. The van der Waals surface area contributed by atoms with Gasteiger partial charge in [0.05, 0.1) is 13.2 Å². The Hall–Kier alpha value is -2.19. The van der Waals surface area contributed by atoms with Crippen molar-refractivity contribution in [3.8, 4) is 0 Å². The van der Waals surface area contributed by atoms with E-state index in [2.05, 4.69) is 20.6 Å². The summed E-state index contributed by atoms with van der Waals surface area (Å²) >= 11 is 0. The molecule has 0 atom stereocenters. The normalized spacial score (nSPS) is 11.3. The maximum Gasteiger partial charge on any atom is 0.244 e. The largest absolute Gasteiger partial charge is 0.382 e. The molecule has 1 heterocycles. The number of carbonyl (C=O) groups excluding carboxylic acids is 1. The molecule has 1 aromatic heterocycles. The Bertz CT molecular complexity index is 539. The lowest BCUT2D eigenvalue weighted by Crippen LogP contribution is -2.39. The monoisotopic (exact) mass is 379 g/mol. The van der Waals surface area contributed by atoms with Gasteiger partial charge >= 0.3 is 0 Å². The minimum atomic E-state index is -0.0222. The zero-order valence-electron chi connectivity index (χ0n) is 16.7. The number of aliphatic imine (C=N–C) groups is 1. The van der Waals surface area contributed by atoms with Gasteiger partial charge in [-0.25, -0.2) is 4.99 Å². The number of amides is 1. The van der Waals surface area contributed by atoms with Gasteiger partial charge in [-0.05, 0) is 25.5 Å². The molecule has 0 fully saturated rings. The van der Waals surface area contributed by atoms with Crippen LogP contribution in [-0.4, -0.2) is 81.9 Å². The number of guanidine groups is 1. The first-order valence-electron chi connectivity index (χ1n) is 9.40. The summed E-state index contributed by atoms with van der Waals surface area (Å²) < 4.78 is 10.3. The molecule has 8 nitrogen and oxygen atoms in total. The molecular formula is C19H33N5O3. The van der Waals surface area contributed by atoms with E-state index in [0.29, 0.717) is 32.3 Å². The smallest absolute Gasteiger partial charge is 0.244 e. The van der Waals surface area contributed by atoms with Gasteiger partial charge in [0.25, 0.3) is 0 Å². The van der Waals surface area contributed by atoms with E-state index in [9.17, 15) is 4.79 Å². The molecule has 152 valence electrons. The number of hydrogen-bond donors (Lipinski definition) is 2. The minimum absolute atomic E-state index is 0.0222. The van der Waals surface area contributed by atoms with E-state index < -0.39 is 0 Å². The van der Waals surface area contributed by atoms with E-state index in [4.69, 9.17) is 9.47 Å². The van der Waals surface area contributed by atoms with Gasteiger partial charge in [-0.1, -0.05) is 6.07 Å². The van der Waals surface area contributed by atoms with E-state index in [1.165, 1.54) is 0 Å². The fourth-order valence-electron chi connectivity index (χ4n) is 2.19. The van der Waals surface area contributed by atoms with Gasteiger partial charge in [0.15, 0.2) is 5.96 Å². The molecule has 1 rings (SSSR count). The highest BCUT2D eigenvalue weighted by molar-refractivity contribution is 5.84. The van der Waals surface area contributed by atoms with Crippen LogP contribution in [0.25, 0.3) is 0 Å². The standard InChI is InChI=1S/C19H33N5O3/c1-4-20-19(22-11-7-13-27-15-14-26-3)23-16-18(25)24(2)12-9-17-8-5-6-10-21-17/h5-6,8,10H,4,7,9,11-16H2,1-3H3,(H2,20,22,23). The summed E-state index contributed by atoms with van der Waals surface area (Å²) in [5.74, 6) is 0.618. The van der Waals surface area contributed by atoms with E-state index >= 15 is 0 Å². The second-order valence-electron chi connectivity index (χ2n) is 5.97. The molecule has 0 radical (unpaired) electrons. The Morgan fingerprint density at radius 3 is 2.81 bits per heavy atom. The molecule has 0 bridgehead atoms. The number of pyridine rings is 1. The van der Waals surface area contributed by atoms with Gasteiger partial charge in [-0.2, -0.15) is 0 Å². The Morgan fingerprint density at radius 1 is 1.26 bits per heavy atom. The summed E-state index contributed by atoms with van der Waals surface area (Å²) in [4.78, 5) is 22.6. The third-order valence-corrected chi connectivity index (χ3v) is 3.76. The van der Waals surface area contributed by atoms with Crippen LogP contribution < -0.4 is 10.6 Å². The number of rotatable bonds is 13. The maximum absolute atomic E-state index is 12.3. The number of carbonyl (C=O) groups is 1. The fourth-order valence-corrected chi connectivity index (χ4v) is 2.19. The first-order chi connectivity index (χ1) is 13.2. The average molecular weight is 380 g/mol. The summed E-state index contributed by atoms with van der Waals surface area (Å²) in [7, 11) is 3.44. The van der Waals surface area contributed by atoms with Crippen LogP contribution in [0.1, 0.15) is 19.0 Å². The molecule has 0 aromatic carbocycles. The highest BCUT2D eigenvalue weighted by Crippen LogP contribution is 1.97. The highest BCUT2D eigenvalue weighted by atomic mass is 16.5. The van der Waals surface area contributed by atoms with Crippen LogP contribution >= 0.6 is 0 Å². The Balaban J connectivity index is 2.29. The van der Waals surface area contributed by atoms with Gasteiger partial charge in [0, 0.05) is 58.7 Å². The second-order valence-corrected chi connectivity index (χ2v) is 5.97. The molecule has 2 N–H and O–H groups in total. The molecule has 8 heteroatoms. The van der Waals surface area contributed by atoms with Crippen molar-refractivity contribution in [1.82, 2.24) is 20.5 Å². The maximum atomic E-state index is 12.3. The van der Waals surface area contributed by atoms with Crippen molar-refractivity contribution in [2.45, 2.75) is 19.8 Å². The molecule has 0 spiro atoms. The summed E-state index contributed by atoms with van der Waals surface area (Å²) in [5, 5.41) is 6.35. The summed E-state index contributed by atoms with van der Waals surface area (Å²) in [5.41, 5.74) is 0.975. The summed E-state index contributed by atoms with van der Waals surface area (Å²) in [6, 6.07) is 5.79. The zero-order valence-corrected chi connectivity index (χ0v) is 16.7. The third-order valence-electron chi connectivity index (χ3n) is 3.76. The molecule has 0 saturated heterocycles. The predicted molar refractivity (Wildman–Crippen MR) is 107 cm³/mol. The number of aromatic nitrogens is 1. The molecule has 0 saturated carbocycles. The Kier molecular flexibility index (Phi) is 12.6. The predicted octanol–water partition coefficient (Wildman–Crippen LogP) is 0.691. The van der Waals surface area contributed by atoms with Crippen LogP contribution in [-0.2, 0) is 20.7 Å². The minimum Gasteiger partial charge on any atom is -0.382 e. The van der Waals surface area contributed by atoms with Crippen molar-refractivity contribution in [1.29, 1.82) is 0 Å². The molecule has 27 heavy (non-hydrogen) atoms. The van der Waals surface area contributed by atoms with E-state index in [-0.39, 0.29) is 12.5 Å². The molecule has 0 aliphatic heterocycles. The van der Waals surface area contributed by atoms with E-state index in [1.807, 2.05) is 25.1 Å². The van der Waals surface area contributed by atoms with Crippen LogP contribution in [0.5, 0.6) is 0 Å². The van der Waals surface area contributed by atoms with Crippen LogP contribution in [0.2, 0.25) is 0 Å². The van der Waals surface area contributed by atoms with Gasteiger partial charge in [-0.3, -0.25) is 9.78 Å². The third kappa shape index (κ3) is 11.2. The van der Waals surface area contributed by atoms with Crippen molar-refractivity contribution in [2.75, 3.05) is 60.2 Å². The second kappa shape index (κ2) is 14.9. The molecule has 0 aliphatic rings. The lowest BCUT2D eigenvalue weighted by atomic mass is 10.2. The van der Waals surface area contributed by atoms with Crippen molar-refractivity contribution in [2.24, 2.45) is 4.99 Å². The SMILES string of the molecule is CCNC(=NCC(=O)N(C)CCc1ccccn1)NCCCOCCOC. The van der Waals surface area contributed by atoms with Crippen molar-refractivity contribution < 1.29 is 14.3 Å². The first-order valence-corrected chi connectivity index (χ1v) is 9.40. The highest BCUT2D eigenvalue weighted by Gasteiger charge is 2.09. The lowest BCUT2D eigenvalue weighted by molar-refractivity contribution is -0.128. The van der Waals surface area contributed by atoms with Crippen LogP contribution in [0, 0.1) is 0 Å². The van der Waals surface area contributed by atoms with Gasteiger partial charge in [0.2, 0.25) is 5.91 Å². The molecular weight excluding hydrogens is 346 g/mol. The average Bonchev–Trinajstić information content (AvgIpc) is 2.69. The quantitative estimate of drug-likeness (QED) is 0.298. The number of nitrogens with zero attached hydrogens (tertiary/aromatic N) is 3. The number of likely N-dealkylation sites (N-methyl/N-ethyl adjacent to an activating group) is 1. The zero-order chi connectivity index (χ0) is 19.7. The van der Waals surface area contributed by atoms with Gasteiger partial charge < -0.3 is 25.0 Å². The molecule has 0 aliphatic carbocycles. The van der Waals surface area contributed by atoms with E-state index in [1.54, 1.807) is 25.3 Å². The number of ether oxygens (including phenoxy) is 2. The Morgan fingerprint density at radius 2 is 2.11 bits per heavy atom. The van der Waals surface area contributed by atoms with Crippen molar-refractivity contribution in [3.05, 3.63) is 30.1 Å². The lowest BCUT2D eigenvalue weighted by Gasteiger charge is -2.16. The van der Waals surface area contributed by atoms with Crippen LogP contribution in [0.3, 0.4) is 0 Å². The number of hydrogen-bond acceptors (Lipinski definition) is 5. The molecule has 1 aromatic rings. The summed E-state index contributed by atoms with van der Waals surface area (Å²) in [6.45, 7) is 6.04. The Labute approximate surface area is 162 Å². The number of nitrogens with one attached hydrogen (secondary N) is 2. The first kappa shape index (κ1) is 22.9. The van der Waals surface area contributed by atoms with Gasteiger partial charge in [0.1, 0.15) is 6.54 Å². The van der Waals surface area contributed by atoms with Gasteiger partial charge in [-0.15, -0.1) is 0 Å². The van der Waals surface area contributed by atoms with Crippen LogP contribution in [0.15, 0.2) is 29.4 Å². The molecule has 1 amide bonds. The van der Waals surface area contributed by atoms with Crippen molar-refractivity contribution in [3.63, 3.8) is 0 Å². The van der Waals surface area contributed by atoms with E-state index in [0.717, 1.165) is 31.6 Å². The van der Waals surface area contributed by atoms with Crippen LogP contribution in [0.4, 0.5) is 0 Å². The molecule has 0 unspecified atom stereocenters. The van der Waals surface area contributed by atoms with Crippen molar-refractivity contribution >= 4 is 11.9 Å².